The number of aliphatic hydroxyl groups is 1. The number of benzene rings is 2. The van der Waals surface area contributed by atoms with Crippen molar-refractivity contribution in [2.45, 2.75) is 19.3 Å². The summed E-state index contributed by atoms with van der Waals surface area (Å²) in [5.74, 6) is 0.825. The maximum Gasteiger partial charge on any atom is 0.269 e. The van der Waals surface area contributed by atoms with E-state index in [1.807, 2.05) is 36.4 Å². The van der Waals surface area contributed by atoms with Crippen LogP contribution in [0.1, 0.15) is 30.4 Å². The van der Waals surface area contributed by atoms with Crippen LogP contribution < -0.4 is 4.74 Å². The Morgan fingerprint density at radius 2 is 1.50 bits per heavy atom. The summed E-state index contributed by atoms with van der Waals surface area (Å²) < 4.78 is 5.64. The summed E-state index contributed by atoms with van der Waals surface area (Å²) in [5, 5.41) is 19.3. The average Bonchev–Trinajstić information content (AvgIpc) is 2.61. The van der Waals surface area contributed by atoms with E-state index in [9.17, 15) is 10.1 Å². The summed E-state index contributed by atoms with van der Waals surface area (Å²) in [7, 11) is 0. The molecule has 0 fully saturated rings. The van der Waals surface area contributed by atoms with E-state index < -0.39 is 4.92 Å². The second-order valence-corrected chi connectivity index (χ2v) is 5.38. The number of nitro groups is 1. The molecule has 0 atom stereocenters. The van der Waals surface area contributed by atoms with Gasteiger partial charge in [-0.15, -0.1) is 0 Å². The first kappa shape index (κ1) is 17.7. The molecule has 5 nitrogen and oxygen atoms in total. The molecule has 1 N–H and O–H groups in total. The van der Waals surface area contributed by atoms with E-state index in [1.165, 1.54) is 12.1 Å². The molecule has 0 aliphatic carbocycles. The maximum atomic E-state index is 10.6. The van der Waals surface area contributed by atoms with Crippen LogP contribution >= 0.6 is 0 Å². The lowest BCUT2D eigenvalue weighted by molar-refractivity contribution is -0.384. The number of unbranched alkanes of at least 4 members (excludes halogenated alkanes) is 2. The van der Waals surface area contributed by atoms with E-state index >= 15 is 0 Å². The fourth-order valence-electron chi connectivity index (χ4n) is 2.16. The lowest BCUT2D eigenvalue weighted by Gasteiger charge is -2.06. The quantitative estimate of drug-likeness (QED) is 0.322. The highest BCUT2D eigenvalue weighted by molar-refractivity contribution is 5.70. The highest BCUT2D eigenvalue weighted by atomic mass is 16.6. The minimum Gasteiger partial charge on any atom is -0.494 e. The number of nitrogens with zero attached hydrogens (tertiary/aromatic N) is 1. The van der Waals surface area contributed by atoms with Gasteiger partial charge in [-0.3, -0.25) is 10.1 Å². The minimum atomic E-state index is -0.407. The molecule has 0 amide bonds. The summed E-state index contributed by atoms with van der Waals surface area (Å²) in [6.07, 6.45) is 6.57. The Morgan fingerprint density at radius 3 is 2.04 bits per heavy atom. The van der Waals surface area contributed by atoms with Gasteiger partial charge in [0.05, 0.1) is 11.5 Å². The average molecular weight is 327 g/mol. The van der Waals surface area contributed by atoms with Crippen LogP contribution in [0.4, 0.5) is 5.69 Å². The number of non-ortho nitro benzene ring substituents is 1. The van der Waals surface area contributed by atoms with E-state index in [-0.39, 0.29) is 12.3 Å². The van der Waals surface area contributed by atoms with Crippen molar-refractivity contribution < 1.29 is 14.8 Å². The van der Waals surface area contributed by atoms with Crippen LogP contribution in [0, 0.1) is 10.1 Å². The van der Waals surface area contributed by atoms with Crippen LogP contribution in [-0.2, 0) is 0 Å². The Labute approximate surface area is 141 Å². The number of aliphatic hydroxyl groups excluding tert-OH is 1. The van der Waals surface area contributed by atoms with Crippen LogP contribution in [0.15, 0.2) is 48.5 Å². The van der Waals surface area contributed by atoms with E-state index in [1.54, 1.807) is 12.1 Å². The Kier molecular flexibility index (Phi) is 6.98. The van der Waals surface area contributed by atoms with Crippen molar-refractivity contribution in [3.05, 3.63) is 69.8 Å². The van der Waals surface area contributed by atoms with E-state index in [0.717, 1.165) is 36.1 Å². The fourth-order valence-corrected chi connectivity index (χ4v) is 2.16. The molecule has 0 radical (unpaired) electrons. The largest absolute Gasteiger partial charge is 0.494 e. The molecule has 24 heavy (non-hydrogen) atoms. The zero-order valence-corrected chi connectivity index (χ0v) is 13.4. The first-order chi connectivity index (χ1) is 11.7. The van der Waals surface area contributed by atoms with Gasteiger partial charge in [0.25, 0.3) is 5.69 Å². The molecule has 0 bridgehead atoms. The number of hydrogen-bond acceptors (Lipinski definition) is 4. The normalized spacial score (nSPS) is 10.9. The zero-order valence-electron chi connectivity index (χ0n) is 13.4. The van der Waals surface area contributed by atoms with Gasteiger partial charge >= 0.3 is 0 Å². The Bertz CT molecular complexity index is 663. The highest BCUT2D eigenvalue weighted by Gasteiger charge is 2.02. The number of ether oxygens (including phenoxy) is 1. The molecular formula is C19H21NO4. The van der Waals surface area contributed by atoms with Crippen molar-refractivity contribution in [1.82, 2.24) is 0 Å². The van der Waals surface area contributed by atoms with Gasteiger partial charge in [-0.05, 0) is 54.7 Å². The standard InChI is InChI=1S/C19H21NO4/c21-14-2-1-3-15-24-19-12-8-17(9-13-19)5-4-16-6-10-18(11-7-16)20(22)23/h4-13,21H,1-3,14-15H2/b5-4+. The number of hydrogen-bond donors (Lipinski definition) is 1. The third-order valence-corrected chi connectivity index (χ3v) is 3.52. The topological polar surface area (TPSA) is 72.6 Å². The molecular weight excluding hydrogens is 306 g/mol. The molecule has 0 saturated carbocycles. The van der Waals surface area contributed by atoms with E-state index in [4.69, 9.17) is 9.84 Å². The Balaban J connectivity index is 1.85. The van der Waals surface area contributed by atoms with Crippen molar-refractivity contribution in [2.75, 3.05) is 13.2 Å². The van der Waals surface area contributed by atoms with Gasteiger partial charge < -0.3 is 9.84 Å². The highest BCUT2D eigenvalue weighted by Crippen LogP contribution is 2.17. The SMILES string of the molecule is O=[N+]([O-])c1ccc(/C=C/c2ccc(OCCCCCO)cc2)cc1. The first-order valence-electron chi connectivity index (χ1n) is 7.95. The van der Waals surface area contributed by atoms with Crippen molar-refractivity contribution in [3.63, 3.8) is 0 Å². The summed E-state index contributed by atoms with van der Waals surface area (Å²) in [6, 6.07) is 14.2. The third kappa shape index (κ3) is 5.85. The summed E-state index contributed by atoms with van der Waals surface area (Å²) >= 11 is 0. The van der Waals surface area contributed by atoms with Gasteiger partial charge in [0.2, 0.25) is 0 Å². The molecule has 0 spiro atoms. The van der Waals surface area contributed by atoms with Crippen molar-refractivity contribution in [1.29, 1.82) is 0 Å². The van der Waals surface area contributed by atoms with Gasteiger partial charge in [-0.2, -0.15) is 0 Å². The predicted molar refractivity (Wildman–Crippen MR) is 94.9 cm³/mol. The molecule has 0 heterocycles. The molecule has 0 aliphatic rings. The van der Waals surface area contributed by atoms with Crippen LogP contribution in [0.25, 0.3) is 12.2 Å². The van der Waals surface area contributed by atoms with Crippen molar-refractivity contribution >= 4 is 17.8 Å². The summed E-state index contributed by atoms with van der Waals surface area (Å²) in [5.41, 5.74) is 2.03. The van der Waals surface area contributed by atoms with Gasteiger partial charge in [-0.25, -0.2) is 0 Å². The molecule has 2 rings (SSSR count). The summed E-state index contributed by atoms with van der Waals surface area (Å²) in [6.45, 7) is 0.883. The lowest BCUT2D eigenvalue weighted by Crippen LogP contribution is -1.97. The summed E-state index contributed by atoms with van der Waals surface area (Å²) in [4.78, 5) is 10.2. The number of nitro benzene ring substituents is 1. The van der Waals surface area contributed by atoms with Crippen LogP contribution in [-0.4, -0.2) is 23.2 Å². The fraction of sp³-hybridized carbons (Fsp3) is 0.263. The predicted octanol–water partition coefficient (Wildman–Crippen LogP) is 4.31. The molecule has 2 aromatic carbocycles. The molecule has 0 aliphatic heterocycles. The Hall–Kier alpha value is -2.66. The first-order valence-corrected chi connectivity index (χ1v) is 7.95. The maximum absolute atomic E-state index is 10.6. The van der Waals surface area contributed by atoms with E-state index in [0.29, 0.717) is 6.61 Å². The molecule has 2 aromatic rings. The van der Waals surface area contributed by atoms with Crippen molar-refractivity contribution in [2.24, 2.45) is 0 Å². The second kappa shape index (κ2) is 9.47. The van der Waals surface area contributed by atoms with Gasteiger partial charge in [0, 0.05) is 18.7 Å². The van der Waals surface area contributed by atoms with E-state index in [2.05, 4.69) is 0 Å². The van der Waals surface area contributed by atoms with Gasteiger partial charge in [0.15, 0.2) is 0 Å². The second-order valence-electron chi connectivity index (χ2n) is 5.38. The molecule has 0 aromatic heterocycles. The third-order valence-electron chi connectivity index (χ3n) is 3.52. The van der Waals surface area contributed by atoms with Gasteiger partial charge in [-0.1, -0.05) is 24.3 Å². The molecule has 0 unspecified atom stereocenters. The van der Waals surface area contributed by atoms with Crippen molar-refractivity contribution in [3.8, 4) is 5.75 Å². The van der Waals surface area contributed by atoms with Crippen LogP contribution in [0.3, 0.4) is 0 Å². The Morgan fingerprint density at radius 1 is 0.917 bits per heavy atom. The smallest absolute Gasteiger partial charge is 0.269 e. The minimum absolute atomic E-state index is 0.0904. The van der Waals surface area contributed by atoms with Gasteiger partial charge in [0.1, 0.15) is 5.75 Å². The number of rotatable bonds is 9. The zero-order chi connectivity index (χ0) is 17.2. The monoisotopic (exact) mass is 327 g/mol. The lowest BCUT2D eigenvalue weighted by atomic mass is 10.1. The van der Waals surface area contributed by atoms with Crippen LogP contribution in [0.2, 0.25) is 0 Å². The molecule has 126 valence electrons. The van der Waals surface area contributed by atoms with Crippen LogP contribution in [0.5, 0.6) is 5.75 Å². The molecule has 5 heteroatoms. The molecule has 0 saturated heterocycles.